The van der Waals surface area contributed by atoms with E-state index in [1.165, 1.54) is 29.2 Å². The van der Waals surface area contributed by atoms with E-state index in [0.29, 0.717) is 0 Å². The lowest BCUT2D eigenvalue weighted by molar-refractivity contribution is 0.670. The fraction of sp³-hybridized carbons (Fsp3) is 0.643. The number of nitrogens with zero attached hydrogens (tertiary/aromatic N) is 2. The summed E-state index contributed by atoms with van der Waals surface area (Å²) in [6.45, 7) is 8.60. The summed E-state index contributed by atoms with van der Waals surface area (Å²) in [4.78, 5) is 6.95. The third-order valence-corrected chi connectivity index (χ3v) is 4.14. The molecule has 100 valence electrons. The molecule has 1 N–H and O–H groups in total. The van der Waals surface area contributed by atoms with Crippen LogP contribution in [0.2, 0.25) is 0 Å². The molecule has 1 fully saturated rings. The van der Waals surface area contributed by atoms with Crippen LogP contribution in [0.4, 0.5) is 5.69 Å². The molecule has 1 aromatic rings. The number of pyridine rings is 1. The second-order valence-electron chi connectivity index (χ2n) is 4.73. The summed E-state index contributed by atoms with van der Waals surface area (Å²) in [7, 11) is 0. The molecule has 1 aliphatic rings. The Morgan fingerprint density at radius 1 is 1.39 bits per heavy atom. The number of aromatic nitrogens is 1. The van der Waals surface area contributed by atoms with E-state index in [-0.39, 0.29) is 0 Å². The third-order valence-electron chi connectivity index (χ3n) is 3.19. The van der Waals surface area contributed by atoms with Gasteiger partial charge in [-0.15, -0.1) is 0 Å². The molecule has 0 spiro atoms. The number of nitrogens with one attached hydrogen (secondary N) is 1. The third kappa shape index (κ3) is 3.62. The SMILES string of the molecule is CCCNCc1cnc(C)cc1N1CCSCC1. The predicted octanol–water partition coefficient (Wildman–Crippen LogP) is 2.44. The van der Waals surface area contributed by atoms with Crippen molar-refractivity contribution in [3.8, 4) is 0 Å². The van der Waals surface area contributed by atoms with Crippen molar-refractivity contribution < 1.29 is 0 Å². The predicted molar refractivity (Wildman–Crippen MR) is 80.5 cm³/mol. The molecule has 18 heavy (non-hydrogen) atoms. The van der Waals surface area contributed by atoms with E-state index >= 15 is 0 Å². The van der Waals surface area contributed by atoms with Crippen molar-refractivity contribution in [2.24, 2.45) is 0 Å². The molecular weight excluding hydrogens is 242 g/mol. The van der Waals surface area contributed by atoms with Crippen LogP contribution >= 0.6 is 11.8 Å². The number of aryl methyl sites for hydroxylation is 1. The van der Waals surface area contributed by atoms with Gasteiger partial charge in [-0.2, -0.15) is 11.8 Å². The van der Waals surface area contributed by atoms with Gasteiger partial charge >= 0.3 is 0 Å². The minimum atomic E-state index is 0.931. The summed E-state index contributed by atoms with van der Waals surface area (Å²) < 4.78 is 0. The van der Waals surface area contributed by atoms with Gasteiger partial charge in [0.25, 0.3) is 0 Å². The molecule has 4 heteroatoms. The molecule has 0 amide bonds. The minimum absolute atomic E-state index is 0.931. The summed E-state index contributed by atoms with van der Waals surface area (Å²) in [6, 6.07) is 2.24. The Kier molecular flexibility index (Phi) is 5.32. The molecule has 1 saturated heterocycles. The smallest absolute Gasteiger partial charge is 0.0446 e. The van der Waals surface area contributed by atoms with Crippen LogP contribution in [0.15, 0.2) is 12.3 Å². The maximum absolute atomic E-state index is 4.44. The standard InChI is InChI=1S/C14H23N3S/c1-3-4-15-10-13-11-16-12(2)9-14(13)17-5-7-18-8-6-17/h9,11,15H,3-8,10H2,1-2H3. The van der Waals surface area contributed by atoms with Gasteiger partial charge in [0.15, 0.2) is 0 Å². The highest BCUT2D eigenvalue weighted by Crippen LogP contribution is 2.24. The van der Waals surface area contributed by atoms with Crippen LogP contribution in [-0.2, 0) is 6.54 Å². The van der Waals surface area contributed by atoms with Gasteiger partial charge in [-0.05, 0) is 26.0 Å². The second kappa shape index (κ2) is 7.00. The van der Waals surface area contributed by atoms with Crippen molar-refractivity contribution in [1.29, 1.82) is 0 Å². The zero-order valence-corrected chi connectivity index (χ0v) is 12.2. The molecule has 0 radical (unpaired) electrons. The highest BCUT2D eigenvalue weighted by Gasteiger charge is 2.15. The molecule has 1 aromatic heterocycles. The van der Waals surface area contributed by atoms with Gasteiger partial charge in [-0.1, -0.05) is 6.92 Å². The van der Waals surface area contributed by atoms with Gasteiger partial charge in [0.1, 0.15) is 0 Å². The van der Waals surface area contributed by atoms with E-state index in [0.717, 1.165) is 31.9 Å². The van der Waals surface area contributed by atoms with E-state index in [4.69, 9.17) is 0 Å². The van der Waals surface area contributed by atoms with Crippen LogP contribution in [0.25, 0.3) is 0 Å². The maximum Gasteiger partial charge on any atom is 0.0446 e. The van der Waals surface area contributed by atoms with Crippen LogP contribution in [0.5, 0.6) is 0 Å². The molecular formula is C14H23N3S. The minimum Gasteiger partial charge on any atom is -0.370 e. The van der Waals surface area contributed by atoms with Crippen LogP contribution in [0, 0.1) is 6.92 Å². The highest BCUT2D eigenvalue weighted by atomic mass is 32.2. The van der Waals surface area contributed by atoms with Gasteiger partial charge in [-0.3, -0.25) is 4.98 Å². The normalized spacial score (nSPS) is 16.0. The van der Waals surface area contributed by atoms with E-state index in [1.807, 2.05) is 6.20 Å². The number of hydrogen-bond acceptors (Lipinski definition) is 4. The van der Waals surface area contributed by atoms with Crippen molar-refractivity contribution >= 4 is 17.4 Å². The molecule has 1 aliphatic heterocycles. The summed E-state index contributed by atoms with van der Waals surface area (Å²) in [6.07, 6.45) is 3.21. The molecule has 0 unspecified atom stereocenters. The molecule has 0 saturated carbocycles. The molecule has 0 aliphatic carbocycles. The topological polar surface area (TPSA) is 28.2 Å². The Labute approximate surface area is 114 Å². The molecule has 0 aromatic carbocycles. The number of hydrogen-bond donors (Lipinski definition) is 1. The summed E-state index contributed by atoms with van der Waals surface area (Å²) in [5.41, 5.74) is 3.83. The Morgan fingerprint density at radius 3 is 2.89 bits per heavy atom. The first-order valence-electron chi connectivity index (χ1n) is 6.80. The number of anilines is 1. The van der Waals surface area contributed by atoms with Crippen LogP contribution in [-0.4, -0.2) is 36.1 Å². The number of rotatable bonds is 5. The van der Waals surface area contributed by atoms with E-state index < -0.39 is 0 Å². The molecule has 2 rings (SSSR count). The van der Waals surface area contributed by atoms with Gasteiger partial charge in [0.2, 0.25) is 0 Å². The Balaban J connectivity index is 2.11. The molecule has 0 bridgehead atoms. The van der Waals surface area contributed by atoms with Gasteiger partial charge in [0.05, 0.1) is 0 Å². The average molecular weight is 265 g/mol. The van der Waals surface area contributed by atoms with E-state index in [1.54, 1.807) is 0 Å². The Bertz CT molecular complexity index is 375. The van der Waals surface area contributed by atoms with Crippen molar-refractivity contribution in [2.45, 2.75) is 26.8 Å². The molecule has 0 atom stereocenters. The van der Waals surface area contributed by atoms with Crippen molar-refractivity contribution in [3.63, 3.8) is 0 Å². The highest BCUT2D eigenvalue weighted by molar-refractivity contribution is 7.99. The Hall–Kier alpha value is -0.740. The summed E-state index contributed by atoms with van der Waals surface area (Å²) >= 11 is 2.05. The van der Waals surface area contributed by atoms with Crippen LogP contribution in [0.3, 0.4) is 0 Å². The molecule has 3 nitrogen and oxygen atoms in total. The quantitative estimate of drug-likeness (QED) is 0.828. The van der Waals surface area contributed by atoms with Gasteiger partial charge in [-0.25, -0.2) is 0 Å². The lowest BCUT2D eigenvalue weighted by Crippen LogP contribution is -2.33. The fourth-order valence-corrected chi connectivity index (χ4v) is 3.11. The lowest BCUT2D eigenvalue weighted by Gasteiger charge is -2.30. The molecule has 2 heterocycles. The number of thioether (sulfide) groups is 1. The zero-order chi connectivity index (χ0) is 12.8. The second-order valence-corrected chi connectivity index (χ2v) is 5.96. The van der Waals surface area contributed by atoms with E-state index in [9.17, 15) is 0 Å². The monoisotopic (exact) mass is 265 g/mol. The van der Waals surface area contributed by atoms with Crippen LogP contribution in [0.1, 0.15) is 24.6 Å². The Morgan fingerprint density at radius 2 is 2.17 bits per heavy atom. The van der Waals surface area contributed by atoms with Gasteiger partial charge in [0, 0.05) is 54.3 Å². The summed E-state index contributed by atoms with van der Waals surface area (Å²) in [5, 5.41) is 3.48. The fourth-order valence-electron chi connectivity index (χ4n) is 2.21. The van der Waals surface area contributed by atoms with Crippen molar-refractivity contribution in [2.75, 3.05) is 36.0 Å². The zero-order valence-electron chi connectivity index (χ0n) is 11.4. The van der Waals surface area contributed by atoms with Gasteiger partial charge < -0.3 is 10.2 Å². The van der Waals surface area contributed by atoms with E-state index in [2.05, 4.69) is 46.9 Å². The lowest BCUT2D eigenvalue weighted by atomic mass is 10.1. The first-order chi connectivity index (χ1) is 8.81. The van der Waals surface area contributed by atoms with Crippen molar-refractivity contribution in [1.82, 2.24) is 10.3 Å². The van der Waals surface area contributed by atoms with Crippen molar-refractivity contribution in [3.05, 3.63) is 23.5 Å². The summed E-state index contributed by atoms with van der Waals surface area (Å²) in [5.74, 6) is 2.48. The first kappa shape index (κ1) is 13.7. The first-order valence-corrected chi connectivity index (χ1v) is 7.95. The van der Waals surface area contributed by atoms with Crippen LogP contribution < -0.4 is 10.2 Å². The largest absolute Gasteiger partial charge is 0.370 e. The maximum atomic E-state index is 4.44. The average Bonchev–Trinajstić information content (AvgIpc) is 2.41.